The van der Waals surface area contributed by atoms with Gasteiger partial charge in [-0.1, -0.05) is 11.6 Å². The molecular formula is C9H10ClNO3. The zero-order valence-corrected chi connectivity index (χ0v) is 8.67. The molecule has 5 heteroatoms. The van der Waals surface area contributed by atoms with E-state index in [0.717, 1.165) is 0 Å². The SMILES string of the molecule is CCOC(=O)C(=O)c1cc(Cl)cn1C. The zero-order valence-electron chi connectivity index (χ0n) is 7.91. The van der Waals surface area contributed by atoms with E-state index in [-0.39, 0.29) is 12.3 Å². The summed E-state index contributed by atoms with van der Waals surface area (Å²) < 4.78 is 6.07. The molecule has 0 saturated carbocycles. The number of halogens is 1. The molecule has 0 N–H and O–H groups in total. The van der Waals surface area contributed by atoms with Crippen LogP contribution >= 0.6 is 11.6 Å². The molecule has 0 atom stereocenters. The van der Waals surface area contributed by atoms with Crippen LogP contribution in [0.3, 0.4) is 0 Å². The molecule has 0 unspecified atom stereocenters. The minimum atomic E-state index is -0.856. The van der Waals surface area contributed by atoms with Crippen LogP contribution in [0, 0.1) is 0 Å². The Kier molecular flexibility index (Phi) is 3.30. The Morgan fingerprint density at radius 3 is 2.64 bits per heavy atom. The van der Waals surface area contributed by atoms with Gasteiger partial charge in [0.05, 0.1) is 17.3 Å². The number of ether oxygens (including phenoxy) is 1. The topological polar surface area (TPSA) is 48.3 Å². The number of carbonyl (C=O) groups is 2. The highest BCUT2D eigenvalue weighted by atomic mass is 35.5. The lowest BCUT2D eigenvalue weighted by Crippen LogP contribution is -2.19. The van der Waals surface area contributed by atoms with Crippen LogP contribution in [0.2, 0.25) is 5.02 Å². The Morgan fingerprint density at radius 1 is 1.57 bits per heavy atom. The highest BCUT2D eigenvalue weighted by Gasteiger charge is 2.20. The van der Waals surface area contributed by atoms with E-state index in [1.807, 2.05) is 0 Å². The third-order valence-corrected chi connectivity index (χ3v) is 1.87. The minimum absolute atomic E-state index is 0.183. The number of Topliss-reactive ketones (excluding diaryl/α,β-unsaturated/α-hetero) is 1. The summed E-state index contributed by atoms with van der Waals surface area (Å²) in [7, 11) is 1.64. The molecule has 4 nitrogen and oxygen atoms in total. The number of hydrogen-bond donors (Lipinski definition) is 0. The summed E-state index contributed by atoms with van der Waals surface area (Å²) in [4.78, 5) is 22.5. The van der Waals surface area contributed by atoms with E-state index in [4.69, 9.17) is 11.6 Å². The van der Waals surface area contributed by atoms with Gasteiger partial charge in [0.15, 0.2) is 0 Å². The molecule has 0 aromatic carbocycles. The number of hydrogen-bond acceptors (Lipinski definition) is 3. The molecule has 1 aromatic rings. The number of esters is 1. The quantitative estimate of drug-likeness (QED) is 0.435. The van der Waals surface area contributed by atoms with Crippen molar-refractivity contribution in [1.82, 2.24) is 4.57 Å². The Labute approximate surface area is 86.4 Å². The molecule has 0 bridgehead atoms. The maximum absolute atomic E-state index is 11.4. The summed E-state index contributed by atoms with van der Waals surface area (Å²) in [5, 5.41) is 0.417. The molecule has 1 heterocycles. The Morgan fingerprint density at radius 2 is 2.21 bits per heavy atom. The van der Waals surface area contributed by atoms with Gasteiger partial charge >= 0.3 is 5.97 Å². The van der Waals surface area contributed by atoms with Crippen molar-refractivity contribution >= 4 is 23.4 Å². The second kappa shape index (κ2) is 4.28. The number of rotatable bonds is 3. The third kappa shape index (κ3) is 2.14. The van der Waals surface area contributed by atoms with Gasteiger partial charge in [-0.3, -0.25) is 4.79 Å². The molecular weight excluding hydrogens is 206 g/mol. The van der Waals surface area contributed by atoms with E-state index < -0.39 is 11.8 Å². The van der Waals surface area contributed by atoms with Crippen LogP contribution < -0.4 is 0 Å². The van der Waals surface area contributed by atoms with Gasteiger partial charge in [-0.25, -0.2) is 4.79 Å². The van der Waals surface area contributed by atoms with E-state index in [1.54, 1.807) is 20.2 Å². The fourth-order valence-electron chi connectivity index (χ4n) is 1.05. The van der Waals surface area contributed by atoms with Crippen molar-refractivity contribution in [1.29, 1.82) is 0 Å². The zero-order chi connectivity index (χ0) is 10.7. The summed E-state index contributed by atoms with van der Waals surface area (Å²) in [6.07, 6.45) is 1.55. The monoisotopic (exact) mass is 215 g/mol. The van der Waals surface area contributed by atoms with E-state index in [0.29, 0.717) is 5.02 Å². The van der Waals surface area contributed by atoms with Crippen LogP contribution in [0.4, 0.5) is 0 Å². The fourth-order valence-corrected chi connectivity index (χ4v) is 1.30. The summed E-state index contributed by atoms with van der Waals surface area (Å²) in [6.45, 7) is 1.83. The van der Waals surface area contributed by atoms with Gasteiger partial charge in [0, 0.05) is 13.2 Å². The van der Waals surface area contributed by atoms with Crippen LogP contribution in [-0.2, 0) is 16.6 Å². The molecule has 76 valence electrons. The largest absolute Gasteiger partial charge is 0.460 e. The summed E-state index contributed by atoms with van der Waals surface area (Å²) in [5.74, 6) is -1.54. The molecule has 0 amide bonds. The lowest BCUT2D eigenvalue weighted by molar-refractivity contribution is -0.137. The predicted molar refractivity (Wildman–Crippen MR) is 51.4 cm³/mol. The first-order valence-electron chi connectivity index (χ1n) is 4.09. The van der Waals surface area contributed by atoms with E-state index in [2.05, 4.69) is 4.74 Å². The van der Waals surface area contributed by atoms with Crippen molar-refractivity contribution in [3.63, 3.8) is 0 Å². The highest BCUT2D eigenvalue weighted by Crippen LogP contribution is 2.13. The van der Waals surface area contributed by atoms with Gasteiger partial charge in [0.1, 0.15) is 0 Å². The van der Waals surface area contributed by atoms with E-state index >= 15 is 0 Å². The third-order valence-electron chi connectivity index (χ3n) is 1.67. The van der Waals surface area contributed by atoms with Crippen molar-refractivity contribution in [2.45, 2.75) is 6.92 Å². The Hall–Kier alpha value is -1.29. The number of carbonyl (C=O) groups excluding carboxylic acids is 2. The van der Waals surface area contributed by atoms with Crippen molar-refractivity contribution in [2.24, 2.45) is 7.05 Å². The van der Waals surface area contributed by atoms with E-state index in [9.17, 15) is 9.59 Å². The van der Waals surface area contributed by atoms with Crippen molar-refractivity contribution in [3.05, 3.63) is 23.0 Å². The van der Waals surface area contributed by atoms with Gasteiger partial charge in [-0.05, 0) is 13.0 Å². The Bertz CT molecular complexity index is 370. The summed E-state index contributed by atoms with van der Waals surface area (Å²) in [5.41, 5.74) is 0.230. The van der Waals surface area contributed by atoms with E-state index in [1.165, 1.54) is 10.6 Å². The van der Waals surface area contributed by atoms with Gasteiger partial charge in [-0.2, -0.15) is 0 Å². The molecule has 14 heavy (non-hydrogen) atoms. The molecule has 0 fully saturated rings. The van der Waals surface area contributed by atoms with Gasteiger partial charge in [-0.15, -0.1) is 0 Å². The number of ketones is 1. The van der Waals surface area contributed by atoms with Crippen molar-refractivity contribution in [2.75, 3.05) is 6.61 Å². The van der Waals surface area contributed by atoms with Crippen LogP contribution in [-0.4, -0.2) is 22.9 Å². The van der Waals surface area contributed by atoms with Crippen molar-refractivity contribution < 1.29 is 14.3 Å². The maximum Gasteiger partial charge on any atom is 0.381 e. The molecule has 0 spiro atoms. The minimum Gasteiger partial charge on any atom is -0.460 e. The Balaban J connectivity index is 2.89. The molecule has 0 aliphatic carbocycles. The fraction of sp³-hybridized carbons (Fsp3) is 0.333. The highest BCUT2D eigenvalue weighted by molar-refractivity contribution is 6.41. The van der Waals surface area contributed by atoms with Crippen LogP contribution in [0.25, 0.3) is 0 Å². The first-order chi connectivity index (χ1) is 6.56. The molecule has 1 rings (SSSR count). The van der Waals surface area contributed by atoms with Crippen LogP contribution in [0.15, 0.2) is 12.3 Å². The van der Waals surface area contributed by atoms with Gasteiger partial charge < -0.3 is 9.30 Å². The normalized spacial score (nSPS) is 9.93. The van der Waals surface area contributed by atoms with Crippen LogP contribution in [0.5, 0.6) is 0 Å². The van der Waals surface area contributed by atoms with Gasteiger partial charge in [0.2, 0.25) is 0 Å². The summed E-state index contributed by atoms with van der Waals surface area (Å²) in [6, 6.07) is 1.43. The molecule has 1 aromatic heterocycles. The lowest BCUT2D eigenvalue weighted by Gasteiger charge is -2.01. The predicted octanol–water partition coefficient (Wildman–Crippen LogP) is 1.42. The average Bonchev–Trinajstić information content (AvgIpc) is 2.44. The maximum atomic E-state index is 11.4. The number of nitrogens with zero attached hydrogens (tertiary/aromatic N) is 1. The average molecular weight is 216 g/mol. The number of aryl methyl sites for hydroxylation is 1. The first kappa shape index (κ1) is 10.8. The smallest absolute Gasteiger partial charge is 0.381 e. The molecule has 0 radical (unpaired) electrons. The van der Waals surface area contributed by atoms with Gasteiger partial charge in [0.25, 0.3) is 5.78 Å². The molecule has 0 saturated heterocycles. The van der Waals surface area contributed by atoms with Crippen molar-refractivity contribution in [3.8, 4) is 0 Å². The summed E-state index contributed by atoms with van der Waals surface area (Å²) >= 11 is 5.67. The number of aromatic nitrogens is 1. The standard InChI is InChI=1S/C9H10ClNO3/c1-3-14-9(13)8(12)7-4-6(10)5-11(7)2/h4-5H,3H2,1-2H3. The lowest BCUT2D eigenvalue weighted by atomic mass is 10.3. The second-order valence-electron chi connectivity index (χ2n) is 2.70. The first-order valence-corrected chi connectivity index (χ1v) is 4.47. The second-order valence-corrected chi connectivity index (χ2v) is 3.14. The molecule has 0 aliphatic heterocycles. The molecule has 0 aliphatic rings. The van der Waals surface area contributed by atoms with Crippen LogP contribution in [0.1, 0.15) is 17.4 Å².